The van der Waals surface area contributed by atoms with Gasteiger partial charge in [-0.25, -0.2) is 4.79 Å². The number of aromatic nitrogens is 4. The molecule has 0 amide bonds. The predicted molar refractivity (Wildman–Crippen MR) is 67.7 cm³/mol. The molecule has 0 aromatic carbocycles. The summed E-state index contributed by atoms with van der Waals surface area (Å²) in [7, 11) is 0. The van der Waals surface area contributed by atoms with Gasteiger partial charge in [-0.05, 0) is 20.8 Å². The first kappa shape index (κ1) is 14.6. The predicted octanol–water partition coefficient (Wildman–Crippen LogP) is 1.02. The summed E-state index contributed by atoms with van der Waals surface area (Å²) in [5.41, 5.74) is 0.621. The fourth-order valence-electron chi connectivity index (χ4n) is 1.83. The molecular weight excluding hydrogens is 282 g/mol. The average molecular weight is 295 g/mol. The molecule has 0 N–H and O–H groups in total. The molecule has 2 heterocycles. The molecule has 0 fully saturated rings. The van der Waals surface area contributed by atoms with Crippen LogP contribution in [0.5, 0.6) is 0 Å². The Hall–Kier alpha value is -2.78. The van der Waals surface area contributed by atoms with Gasteiger partial charge in [0, 0.05) is 0 Å². The summed E-state index contributed by atoms with van der Waals surface area (Å²) in [6.07, 6.45) is 0. The molecule has 10 heteroatoms. The molecule has 0 saturated heterocycles. The van der Waals surface area contributed by atoms with Crippen molar-refractivity contribution in [2.45, 2.75) is 27.3 Å². The van der Waals surface area contributed by atoms with Gasteiger partial charge in [0.1, 0.15) is 17.9 Å². The SMILES string of the molecule is CCOC(=O)c1nc(Cn2nc(C)c([N+](=O)[O-])c2C)no1. The van der Waals surface area contributed by atoms with Crippen molar-refractivity contribution >= 4 is 11.7 Å². The first-order valence-corrected chi connectivity index (χ1v) is 6.12. The second-order valence-corrected chi connectivity index (χ2v) is 4.17. The highest BCUT2D eigenvalue weighted by Gasteiger charge is 2.23. The van der Waals surface area contributed by atoms with Gasteiger partial charge in [-0.15, -0.1) is 0 Å². The number of ether oxygens (including phenoxy) is 1. The highest BCUT2D eigenvalue weighted by molar-refractivity contribution is 5.83. The fraction of sp³-hybridized carbons (Fsp3) is 0.455. The van der Waals surface area contributed by atoms with E-state index in [9.17, 15) is 14.9 Å². The molecule has 0 bridgehead atoms. The smallest absolute Gasteiger partial charge is 0.397 e. The summed E-state index contributed by atoms with van der Waals surface area (Å²) in [6, 6.07) is 0. The molecule has 0 saturated carbocycles. The zero-order valence-corrected chi connectivity index (χ0v) is 11.7. The van der Waals surface area contributed by atoms with Crippen LogP contribution >= 0.6 is 0 Å². The summed E-state index contributed by atoms with van der Waals surface area (Å²) in [5, 5.41) is 18.6. The summed E-state index contributed by atoms with van der Waals surface area (Å²) in [4.78, 5) is 25.7. The van der Waals surface area contributed by atoms with Crippen molar-refractivity contribution in [2.75, 3.05) is 6.61 Å². The molecule has 10 nitrogen and oxygen atoms in total. The van der Waals surface area contributed by atoms with Crippen molar-refractivity contribution in [3.8, 4) is 0 Å². The molecule has 0 aliphatic heterocycles. The zero-order valence-electron chi connectivity index (χ0n) is 11.7. The van der Waals surface area contributed by atoms with Crippen LogP contribution in [0, 0.1) is 24.0 Å². The molecule has 2 aromatic rings. The van der Waals surface area contributed by atoms with E-state index in [2.05, 4.69) is 15.2 Å². The fourth-order valence-corrected chi connectivity index (χ4v) is 1.83. The van der Waals surface area contributed by atoms with Gasteiger partial charge in [0.25, 0.3) is 0 Å². The van der Waals surface area contributed by atoms with Crippen LogP contribution in [0.2, 0.25) is 0 Å². The van der Waals surface area contributed by atoms with Gasteiger partial charge in [-0.1, -0.05) is 5.16 Å². The molecule has 2 rings (SSSR count). The number of carbonyl (C=O) groups excluding carboxylic acids is 1. The van der Waals surface area contributed by atoms with E-state index in [1.165, 1.54) is 4.68 Å². The number of carbonyl (C=O) groups is 1. The molecule has 0 spiro atoms. The first-order valence-electron chi connectivity index (χ1n) is 6.12. The molecule has 0 radical (unpaired) electrons. The lowest BCUT2D eigenvalue weighted by Gasteiger charge is -1.98. The molecule has 0 aliphatic rings. The minimum absolute atomic E-state index is 0.0517. The normalized spacial score (nSPS) is 10.6. The Balaban J connectivity index is 2.21. The Morgan fingerprint density at radius 2 is 2.19 bits per heavy atom. The van der Waals surface area contributed by atoms with Crippen molar-refractivity contribution in [1.82, 2.24) is 19.9 Å². The molecule has 2 aromatic heterocycles. The van der Waals surface area contributed by atoms with Crippen LogP contribution < -0.4 is 0 Å². The van der Waals surface area contributed by atoms with E-state index in [0.717, 1.165) is 0 Å². The number of nitrogens with zero attached hydrogens (tertiary/aromatic N) is 5. The third kappa shape index (κ3) is 2.88. The topological polar surface area (TPSA) is 126 Å². The van der Waals surface area contributed by atoms with Gasteiger partial charge in [0.15, 0.2) is 5.82 Å². The van der Waals surface area contributed by atoms with Gasteiger partial charge in [0.2, 0.25) is 0 Å². The number of nitro groups is 1. The standard InChI is InChI=1S/C11H13N5O5/c1-4-20-11(17)10-12-8(14-21-10)5-15-7(3)9(16(18)19)6(2)13-15/h4-5H2,1-3H3. The van der Waals surface area contributed by atoms with Gasteiger partial charge < -0.3 is 9.26 Å². The average Bonchev–Trinajstić information content (AvgIpc) is 2.96. The quantitative estimate of drug-likeness (QED) is 0.454. The lowest BCUT2D eigenvalue weighted by molar-refractivity contribution is -0.386. The van der Waals surface area contributed by atoms with E-state index >= 15 is 0 Å². The van der Waals surface area contributed by atoms with Gasteiger partial charge in [-0.2, -0.15) is 10.1 Å². The molecule has 0 aliphatic carbocycles. The van der Waals surface area contributed by atoms with Crippen molar-refractivity contribution in [3.63, 3.8) is 0 Å². The Labute approximate surface area is 118 Å². The Bertz CT molecular complexity index is 689. The number of hydrogen-bond acceptors (Lipinski definition) is 8. The monoisotopic (exact) mass is 295 g/mol. The maximum Gasteiger partial charge on any atom is 0.397 e. The summed E-state index contributed by atoms with van der Waals surface area (Å²) in [6.45, 7) is 5.03. The minimum Gasteiger partial charge on any atom is -0.459 e. The molecule has 21 heavy (non-hydrogen) atoms. The van der Waals surface area contributed by atoms with Crippen LogP contribution in [0.3, 0.4) is 0 Å². The Kier molecular flexibility index (Phi) is 3.96. The van der Waals surface area contributed by atoms with E-state index in [1.807, 2.05) is 0 Å². The highest BCUT2D eigenvalue weighted by atomic mass is 16.6. The van der Waals surface area contributed by atoms with E-state index in [4.69, 9.17) is 9.26 Å². The lowest BCUT2D eigenvalue weighted by Crippen LogP contribution is -2.08. The van der Waals surface area contributed by atoms with Crippen LogP contribution in [-0.2, 0) is 11.3 Å². The number of rotatable bonds is 5. The third-order valence-electron chi connectivity index (χ3n) is 2.74. The minimum atomic E-state index is -0.712. The van der Waals surface area contributed by atoms with Gasteiger partial charge in [-0.3, -0.25) is 14.8 Å². The van der Waals surface area contributed by atoms with Crippen molar-refractivity contribution < 1.29 is 19.0 Å². The molecular formula is C11H13N5O5. The maximum atomic E-state index is 11.4. The van der Waals surface area contributed by atoms with Crippen LogP contribution in [0.25, 0.3) is 0 Å². The zero-order chi connectivity index (χ0) is 15.6. The molecule has 0 atom stereocenters. The second kappa shape index (κ2) is 5.69. The number of aryl methyl sites for hydroxylation is 1. The van der Waals surface area contributed by atoms with Crippen LogP contribution in [0.15, 0.2) is 4.52 Å². The van der Waals surface area contributed by atoms with E-state index in [0.29, 0.717) is 11.4 Å². The van der Waals surface area contributed by atoms with Crippen molar-refractivity contribution in [3.05, 3.63) is 33.2 Å². The summed E-state index contributed by atoms with van der Waals surface area (Å²) in [5.74, 6) is -0.794. The van der Waals surface area contributed by atoms with E-state index in [1.54, 1.807) is 20.8 Å². The largest absolute Gasteiger partial charge is 0.459 e. The van der Waals surface area contributed by atoms with Gasteiger partial charge in [0.05, 0.1) is 11.5 Å². The van der Waals surface area contributed by atoms with E-state index < -0.39 is 10.9 Å². The van der Waals surface area contributed by atoms with Gasteiger partial charge >= 0.3 is 17.5 Å². The highest BCUT2D eigenvalue weighted by Crippen LogP contribution is 2.22. The second-order valence-electron chi connectivity index (χ2n) is 4.17. The summed E-state index contributed by atoms with van der Waals surface area (Å²) >= 11 is 0. The van der Waals surface area contributed by atoms with Crippen LogP contribution in [-0.4, -0.2) is 37.4 Å². The summed E-state index contributed by atoms with van der Waals surface area (Å²) < 4.78 is 10.9. The first-order chi connectivity index (χ1) is 9.93. The Morgan fingerprint density at radius 3 is 2.76 bits per heavy atom. The van der Waals surface area contributed by atoms with E-state index in [-0.39, 0.29) is 30.6 Å². The van der Waals surface area contributed by atoms with Crippen molar-refractivity contribution in [2.24, 2.45) is 0 Å². The molecule has 0 unspecified atom stereocenters. The molecule has 112 valence electrons. The third-order valence-corrected chi connectivity index (χ3v) is 2.74. The van der Waals surface area contributed by atoms with Crippen LogP contribution in [0.1, 0.15) is 34.8 Å². The number of esters is 1. The Morgan fingerprint density at radius 1 is 1.48 bits per heavy atom. The number of hydrogen-bond donors (Lipinski definition) is 0. The van der Waals surface area contributed by atoms with Crippen LogP contribution in [0.4, 0.5) is 5.69 Å². The van der Waals surface area contributed by atoms with Crippen molar-refractivity contribution in [1.29, 1.82) is 0 Å². The maximum absolute atomic E-state index is 11.4. The lowest BCUT2D eigenvalue weighted by atomic mass is 10.3.